The van der Waals surface area contributed by atoms with Crippen LogP contribution in [0.5, 0.6) is 0 Å². The molecule has 3 heterocycles. The van der Waals surface area contributed by atoms with E-state index >= 15 is 0 Å². The van der Waals surface area contributed by atoms with Crippen molar-refractivity contribution in [1.82, 2.24) is 20.1 Å². The monoisotopic (exact) mass is 442 g/mol. The number of rotatable bonds is 5. The molecule has 1 amide bonds. The fraction of sp³-hybridized carbons (Fsp3) is 0.545. The number of aromatic nitrogens is 3. The molecule has 2 aliphatic rings. The van der Waals surface area contributed by atoms with Crippen LogP contribution in [0.2, 0.25) is 0 Å². The summed E-state index contributed by atoms with van der Waals surface area (Å²) >= 11 is 0. The van der Waals surface area contributed by atoms with Gasteiger partial charge in [-0.1, -0.05) is 0 Å². The summed E-state index contributed by atoms with van der Waals surface area (Å²) in [6.45, 7) is 12.8. The Morgan fingerprint density at radius 3 is 2.75 bits per heavy atom. The number of halogens is 1. The van der Waals surface area contributed by atoms with Gasteiger partial charge >= 0.3 is 0 Å². The van der Waals surface area contributed by atoms with E-state index in [1.54, 1.807) is 37.9 Å². The predicted molar refractivity (Wildman–Crippen MR) is 114 cm³/mol. The van der Waals surface area contributed by atoms with Gasteiger partial charge in [-0.3, -0.25) is 4.79 Å². The number of piperidine rings is 1. The second-order valence-corrected chi connectivity index (χ2v) is 8.70. The van der Waals surface area contributed by atoms with Crippen molar-refractivity contribution in [2.75, 3.05) is 24.5 Å². The van der Waals surface area contributed by atoms with Gasteiger partial charge in [-0.2, -0.15) is 0 Å². The largest absolute Gasteiger partial charge is 0.380 e. The zero-order valence-electron chi connectivity index (χ0n) is 18.4. The van der Waals surface area contributed by atoms with Crippen molar-refractivity contribution in [2.24, 2.45) is 13.0 Å². The number of nitrogens with one attached hydrogen (secondary N) is 1. The molecule has 2 fully saturated rings. The van der Waals surface area contributed by atoms with Crippen molar-refractivity contribution in [3.8, 4) is 0 Å². The smallest absolute Gasteiger partial charge is 0.252 e. The molecule has 0 aliphatic carbocycles. The second-order valence-electron chi connectivity index (χ2n) is 8.70. The highest BCUT2D eigenvalue weighted by Crippen LogP contribution is 2.37. The lowest BCUT2D eigenvalue weighted by molar-refractivity contribution is -0.156. The first kappa shape index (κ1) is 22.2. The Morgan fingerprint density at radius 1 is 1.34 bits per heavy atom. The minimum Gasteiger partial charge on any atom is -0.380 e. The Kier molecular flexibility index (Phi) is 6.13. The Balaban J connectivity index is 1.33. The van der Waals surface area contributed by atoms with E-state index < -0.39 is 23.8 Å². The van der Waals surface area contributed by atoms with Crippen molar-refractivity contribution in [1.29, 1.82) is 0 Å². The lowest BCUT2D eigenvalue weighted by Crippen LogP contribution is -2.43. The molecule has 1 aromatic heterocycles. The number of nitrogens with zero attached hydrogens (tertiary/aromatic N) is 5. The van der Waals surface area contributed by atoms with E-state index in [9.17, 15) is 9.18 Å². The minimum absolute atomic E-state index is 0.236. The van der Waals surface area contributed by atoms with E-state index in [2.05, 4.69) is 25.3 Å². The summed E-state index contributed by atoms with van der Waals surface area (Å²) < 4.78 is 26.9. The molecule has 0 unspecified atom stereocenters. The SMILES string of the molecule is [C-]#[N+]c1cc(F)ccc1N1CCC(CNC(=O)[C@@H]2OC(C)(C)O[C@H]2c2nncn2C)CC1. The van der Waals surface area contributed by atoms with Crippen LogP contribution in [-0.4, -0.2) is 52.2 Å². The minimum atomic E-state index is -0.903. The first-order valence-electron chi connectivity index (χ1n) is 10.7. The van der Waals surface area contributed by atoms with Crippen molar-refractivity contribution >= 4 is 17.3 Å². The summed E-state index contributed by atoms with van der Waals surface area (Å²) in [5.41, 5.74) is 1.08. The normalized spacial score (nSPS) is 23.2. The number of hydrogen-bond acceptors (Lipinski definition) is 6. The standard InChI is InChI=1S/C22H27FN6O3/c1-22(2)31-18(20-27-26-13-28(20)4)19(32-22)21(30)25-12-14-7-9-29(10-8-14)17-6-5-15(23)11-16(17)24-3/h5-6,11,13-14,18-19H,7-10,12H2,1-2,4H3,(H,25,30)/t18-,19-/m1/s1. The summed E-state index contributed by atoms with van der Waals surface area (Å²) in [6, 6.07) is 4.32. The van der Waals surface area contributed by atoms with Gasteiger partial charge in [0.2, 0.25) is 5.69 Å². The molecule has 2 aromatic rings. The number of hydrogen-bond donors (Lipinski definition) is 1. The van der Waals surface area contributed by atoms with Gasteiger partial charge in [-0.05, 0) is 50.8 Å². The number of carbonyl (C=O) groups excluding carboxylic acids is 1. The van der Waals surface area contributed by atoms with Crippen molar-refractivity contribution in [2.45, 2.75) is 44.7 Å². The van der Waals surface area contributed by atoms with Gasteiger partial charge in [-0.15, -0.1) is 10.2 Å². The summed E-state index contributed by atoms with van der Waals surface area (Å²) in [7, 11) is 1.80. The molecular formula is C22H27FN6O3. The molecular weight excluding hydrogens is 415 g/mol. The van der Waals surface area contributed by atoms with Crippen LogP contribution in [0.15, 0.2) is 24.5 Å². The van der Waals surface area contributed by atoms with Crippen LogP contribution >= 0.6 is 0 Å². The summed E-state index contributed by atoms with van der Waals surface area (Å²) in [5.74, 6) is -0.701. The van der Waals surface area contributed by atoms with E-state index in [4.69, 9.17) is 16.0 Å². The first-order chi connectivity index (χ1) is 15.3. The lowest BCUT2D eigenvalue weighted by Gasteiger charge is -2.34. The molecule has 32 heavy (non-hydrogen) atoms. The maximum atomic E-state index is 13.4. The van der Waals surface area contributed by atoms with E-state index in [-0.39, 0.29) is 5.91 Å². The van der Waals surface area contributed by atoms with Gasteiger partial charge in [0.25, 0.3) is 5.91 Å². The van der Waals surface area contributed by atoms with Crippen LogP contribution in [0.4, 0.5) is 15.8 Å². The van der Waals surface area contributed by atoms with E-state index in [1.807, 2.05) is 0 Å². The highest BCUT2D eigenvalue weighted by atomic mass is 19.1. The van der Waals surface area contributed by atoms with Crippen LogP contribution in [-0.2, 0) is 21.3 Å². The van der Waals surface area contributed by atoms with Gasteiger partial charge < -0.3 is 24.3 Å². The van der Waals surface area contributed by atoms with Crippen molar-refractivity contribution in [3.63, 3.8) is 0 Å². The van der Waals surface area contributed by atoms with Crippen LogP contribution in [0, 0.1) is 18.3 Å². The quantitative estimate of drug-likeness (QED) is 0.717. The maximum Gasteiger partial charge on any atom is 0.252 e. The Bertz CT molecular complexity index is 1020. The molecule has 9 nitrogen and oxygen atoms in total. The van der Waals surface area contributed by atoms with E-state index in [0.29, 0.717) is 24.0 Å². The van der Waals surface area contributed by atoms with Gasteiger partial charge in [0.15, 0.2) is 23.8 Å². The molecule has 0 radical (unpaired) electrons. The molecule has 170 valence electrons. The Hall–Kier alpha value is -3.03. The molecule has 4 rings (SSSR count). The maximum absolute atomic E-state index is 13.4. The van der Waals surface area contributed by atoms with Gasteiger partial charge in [0.1, 0.15) is 12.1 Å². The van der Waals surface area contributed by atoms with Gasteiger partial charge in [-0.25, -0.2) is 9.24 Å². The van der Waals surface area contributed by atoms with Crippen molar-refractivity contribution < 1.29 is 18.7 Å². The van der Waals surface area contributed by atoms with Crippen LogP contribution in [0.3, 0.4) is 0 Å². The summed E-state index contributed by atoms with van der Waals surface area (Å²) in [6.07, 6.45) is 1.83. The Morgan fingerprint density at radius 2 is 2.09 bits per heavy atom. The molecule has 0 saturated carbocycles. The zero-order valence-corrected chi connectivity index (χ0v) is 18.4. The summed E-state index contributed by atoms with van der Waals surface area (Å²) in [4.78, 5) is 18.5. The average Bonchev–Trinajstić information content (AvgIpc) is 3.34. The van der Waals surface area contributed by atoms with Crippen LogP contribution < -0.4 is 10.2 Å². The third kappa shape index (κ3) is 4.59. The van der Waals surface area contributed by atoms with Crippen LogP contribution in [0.1, 0.15) is 38.6 Å². The topological polar surface area (TPSA) is 85.9 Å². The highest BCUT2D eigenvalue weighted by molar-refractivity contribution is 5.82. The molecule has 1 aromatic carbocycles. The lowest BCUT2D eigenvalue weighted by atomic mass is 9.96. The zero-order chi connectivity index (χ0) is 22.9. The predicted octanol–water partition coefficient (Wildman–Crippen LogP) is 2.73. The molecule has 1 N–H and O–H groups in total. The third-order valence-electron chi connectivity index (χ3n) is 5.93. The van der Waals surface area contributed by atoms with Crippen molar-refractivity contribution in [3.05, 3.63) is 47.6 Å². The van der Waals surface area contributed by atoms with Gasteiger partial charge in [0, 0.05) is 32.4 Å². The molecule has 0 spiro atoms. The number of aryl methyl sites for hydroxylation is 1. The van der Waals surface area contributed by atoms with E-state index in [0.717, 1.165) is 31.6 Å². The van der Waals surface area contributed by atoms with E-state index in [1.165, 1.54) is 12.1 Å². The Labute approximate surface area is 186 Å². The number of benzene rings is 1. The third-order valence-corrected chi connectivity index (χ3v) is 5.93. The second kappa shape index (κ2) is 8.84. The molecule has 2 aliphatic heterocycles. The van der Waals surface area contributed by atoms with Crippen LogP contribution in [0.25, 0.3) is 4.85 Å². The fourth-order valence-corrected chi connectivity index (χ4v) is 4.27. The molecule has 0 bridgehead atoms. The first-order valence-corrected chi connectivity index (χ1v) is 10.7. The number of carbonyl (C=O) groups is 1. The van der Waals surface area contributed by atoms with Gasteiger partial charge in [0.05, 0.1) is 6.57 Å². The number of ether oxygens (including phenoxy) is 2. The molecule has 10 heteroatoms. The molecule has 2 saturated heterocycles. The number of anilines is 1. The molecule has 2 atom stereocenters. The fourth-order valence-electron chi connectivity index (χ4n) is 4.27. The highest BCUT2D eigenvalue weighted by Gasteiger charge is 2.48. The average molecular weight is 442 g/mol. The number of amides is 1. The summed E-state index contributed by atoms with van der Waals surface area (Å²) in [5, 5.41) is 11.0.